The molecule has 136 valence electrons. The maximum Gasteiger partial charge on any atom is 0.229 e. The van der Waals surface area contributed by atoms with Gasteiger partial charge in [0.1, 0.15) is 0 Å². The molecule has 0 bridgehead atoms. The zero-order valence-corrected chi connectivity index (χ0v) is 15.2. The molecular formula is C18H21ClN6O. The van der Waals surface area contributed by atoms with Crippen LogP contribution in [0.1, 0.15) is 11.5 Å². The van der Waals surface area contributed by atoms with Gasteiger partial charge in [-0.2, -0.15) is 10.2 Å². The van der Waals surface area contributed by atoms with E-state index in [0.717, 1.165) is 29.1 Å². The molecule has 0 unspecified atom stereocenters. The molecule has 8 heteroatoms. The summed E-state index contributed by atoms with van der Waals surface area (Å²) in [5, 5.41) is 17.5. The van der Waals surface area contributed by atoms with Gasteiger partial charge in [-0.3, -0.25) is 14.6 Å². The monoisotopic (exact) mass is 372 g/mol. The molecule has 1 amide bonds. The van der Waals surface area contributed by atoms with Gasteiger partial charge < -0.3 is 10.6 Å². The van der Waals surface area contributed by atoms with Gasteiger partial charge in [-0.05, 0) is 29.3 Å². The fraction of sp³-hybridized carbons (Fsp3) is 0.278. The number of nitrogens with one attached hydrogen (secondary N) is 3. The Morgan fingerprint density at radius 1 is 1.23 bits per heavy atom. The molecule has 3 aromatic rings. The SMILES string of the molecule is Cl.Cn1cc([C@H]2CNC[C@@H]2C(=O)Nc2ccc(-c3ccn[nH]3)cc2)cn1. The number of hydrogen-bond acceptors (Lipinski definition) is 4. The number of H-pyrrole nitrogens is 1. The molecule has 7 nitrogen and oxygen atoms in total. The molecular weight excluding hydrogens is 352 g/mol. The maximum atomic E-state index is 12.7. The van der Waals surface area contributed by atoms with Crippen LogP contribution in [0.25, 0.3) is 11.3 Å². The van der Waals surface area contributed by atoms with Crippen molar-refractivity contribution in [2.24, 2.45) is 13.0 Å². The predicted molar refractivity (Wildman–Crippen MR) is 102 cm³/mol. The van der Waals surface area contributed by atoms with Crippen LogP contribution in [0.15, 0.2) is 48.9 Å². The molecule has 3 heterocycles. The number of halogens is 1. The molecule has 1 aromatic carbocycles. The third kappa shape index (κ3) is 3.63. The molecule has 2 atom stereocenters. The van der Waals surface area contributed by atoms with Crippen LogP contribution in [0, 0.1) is 5.92 Å². The number of aromatic nitrogens is 4. The number of aryl methyl sites for hydroxylation is 1. The predicted octanol–water partition coefficient (Wildman–Crippen LogP) is 2.17. The summed E-state index contributed by atoms with van der Waals surface area (Å²) in [5.74, 6) is 0.0857. The highest BCUT2D eigenvalue weighted by molar-refractivity contribution is 5.93. The lowest BCUT2D eigenvalue weighted by Crippen LogP contribution is -2.28. The third-order valence-electron chi connectivity index (χ3n) is 4.67. The molecule has 1 aliphatic rings. The molecule has 1 fully saturated rings. The minimum Gasteiger partial charge on any atom is -0.326 e. The smallest absolute Gasteiger partial charge is 0.229 e. The second-order valence-electron chi connectivity index (χ2n) is 6.36. The van der Waals surface area contributed by atoms with Gasteiger partial charge in [-0.15, -0.1) is 12.4 Å². The number of benzene rings is 1. The van der Waals surface area contributed by atoms with Gasteiger partial charge in [0.25, 0.3) is 0 Å². The van der Waals surface area contributed by atoms with Crippen molar-refractivity contribution in [2.75, 3.05) is 18.4 Å². The van der Waals surface area contributed by atoms with E-state index in [0.29, 0.717) is 6.54 Å². The molecule has 0 saturated carbocycles. The maximum absolute atomic E-state index is 12.7. The molecule has 0 radical (unpaired) electrons. The summed E-state index contributed by atoms with van der Waals surface area (Å²) in [6.45, 7) is 1.47. The summed E-state index contributed by atoms with van der Waals surface area (Å²) in [4.78, 5) is 12.7. The van der Waals surface area contributed by atoms with Crippen molar-refractivity contribution in [1.29, 1.82) is 0 Å². The summed E-state index contributed by atoms with van der Waals surface area (Å²) < 4.78 is 1.77. The number of aromatic amines is 1. The summed E-state index contributed by atoms with van der Waals surface area (Å²) in [6, 6.07) is 9.67. The first-order valence-electron chi connectivity index (χ1n) is 8.30. The Bertz CT molecular complexity index is 858. The van der Waals surface area contributed by atoms with Crippen LogP contribution in [-0.2, 0) is 11.8 Å². The molecule has 4 rings (SSSR count). The second-order valence-corrected chi connectivity index (χ2v) is 6.36. The number of anilines is 1. The molecule has 26 heavy (non-hydrogen) atoms. The van der Waals surface area contributed by atoms with E-state index in [2.05, 4.69) is 25.9 Å². The second kappa shape index (κ2) is 7.72. The topological polar surface area (TPSA) is 87.6 Å². The van der Waals surface area contributed by atoms with E-state index in [9.17, 15) is 4.79 Å². The number of rotatable bonds is 4. The number of nitrogens with zero attached hydrogens (tertiary/aromatic N) is 3. The van der Waals surface area contributed by atoms with Crippen molar-refractivity contribution >= 4 is 24.0 Å². The van der Waals surface area contributed by atoms with E-state index < -0.39 is 0 Å². The van der Waals surface area contributed by atoms with Gasteiger partial charge in [-0.1, -0.05) is 12.1 Å². The third-order valence-corrected chi connectivity index (χ3v) is 4.67. The van der Waals surface area contributed by atoms with Crippen molar-refractivity contribution in [3.05, 3.63) is 54.5 Å². The van der Waals surface area contributed by atoms with Crippen LogP contribution < -0.4 is 10.6 Å². The lowest BCUT2D eigenvalue weighted by atomic mass is 9.90. The molecule has 1 saturated heterocycles. The minimum atomic E-state index is -0.100. The van der Waals surface area contributed by atoms with Gasteiger partial charge >= 0.3 is 0 Å². The van der Waals surface area contributed by atoms with E-state index >= 15 is 0 Å². The fourth-order valence-electron chi connectivity index (χ4n) is 3.32. The summed E-state index contributed by atoms with van der Waals surface area (Å²) >= 11 is 0. The normalized spacial score (nSPS) is 19.1. The number of carbonyl (C=O) groups excluding carboxylic acids is 1. The number of hydrogen-bond donors (Lipinski definition) is 3. The molecule has 0 spiro atoms. The first kappa shape index (κ1) is 18.2. The Morgan fingerprint density at radius 2 is 2.04 bits per heavy atom. The highest BCUT2D eigenvalue weighted by atomic mass is 35.5. The Hall–Kier alpha value is -2.64. The zero-order valence-electron chi connectivity index (χ0n) is 14.3. The summed E-state index contributed by atoms with van der Waals surface area (Å²) in [6.07, 6.45) is 5.55. The van der Waals surface area contributed by atoms with Crippen molar-refractivity contribution in [3.63, 3.8) is 0 Å². The largest absolute Gasteiger partial charge is 0.326 e. The first-order chi connectivity index (χ1) is 12.2. The lowest BCUT2D eigenvalue weighted by molar-refractivity contribution is -0.119. The van der Waals surface area contributed by atoms with Gasteiger partial charge in [-0.25, -0.2) is 0 Å². The van der Waals surface area contributed by atoms with Crippen molar-refractivity contribution in [3.8, 4) is 11.3 Å². The quantitative estimate of drug-likeness (QED) is 0.655. The Kier molecular flexibility index (Phi) is 5.39. The van der Waals surface area contributed by atoms with Gasteiger partial charge in [0, 0.05) is 44.1 Å². The van der Waals surface area contributed by atoms with E-state index in [-0.39, 0.29) is 30.2 Å². The van der Waals surface area contributed by atoms with Gasteiger partial charge in [0.2, 0.25) is 5.91 Å². The molecule has 1 aliphatic heterocycles. The summed E-state index contributed by atoms with van der Waals surface area (Å²) in [5.41, 5.74) is 3.88. The molecule has 0 aliphatic carbocycles. The fourth-order valence-corrected chi connectivity index (χ4v) is 3.32. The average molecular weight is 373 g/mol. The molecule has 3 N–H and O–H groups in total. The Morgan fingerprint density at radius 3 is 2.69 bits per heavy atom. The average Bonchev–Trinajstić information content (AvgIpc) is 3.36. The first-order valence-corrected chi connectivity index (χ1v) is 8.30. The van der Waals surface area contributed by atoms with Crippen LogP contribution >= 0.6 is 12.4 Å². The number of amides is 1. The minimum absolute atomic E-state index is 0. The van der Waals surface area contributed by atoms with Crippen molar-refractivity contribution in [2.45, 2.75) is 5.92 Å². The molecule has 2 aromatic heterocycles. The van der Waals surface area contributed by atoms with Gasteiger partial charge in [0.15, 0.2) is 0 Å². The van der Waals surface area contributed by atoms with Crippen LogP contribution in [0.2, 0.25) is 0 Å². The van der Waals surface area contributed by atoms with Crippen molar-refractivity contribution in [1.82, 2.24) is 25.3 Å². The Labute approximate surface area is 157 Å². The number of carbonyl (C=O) groups is 1. The van der Waals surface area contributed by atoms with E-state index in [1.54, 1.807) is 10.9 Å². The lowest BCUT2D eigenvalue weighted by Gasteiger charge is -2.17. The van der Waals surface area contributed by atoms with E-state index in [1.807, 2.05) is 49.8 Å². The van der Waals surface area contributed by atoms with Crippen molar-refractivity contribution < 1.29 is 4.79 Å². The van der Waals surface area contributed by atoms with E-state index in [1.165, 1.54) is 0 Å². The Balaban J connectivity index is 0.00000196. The summed E-state index contributed by atoms with van der Waals surface area (Å²) in [7, 11) is 1.89. The van der Waals surface area contributed by atoms with Gasteiger partial charge in [0.05, 0.1) is 17.8 Å². The van der Waals surface area contributed by atoms with Crippen LogP contribution in [0.4, 0.5) is 5.69 Å². The highest BCUT2D eigenvalue weighted by Gasteiger charge is 2.34. The standard InChI is InChI=1S/C18H20N6O.ClH/c1-24-11-13(8-21-24)15-9-19-10-16(15)18(25)22-14-4-2-12(3-5-14)17-6-7-20-23-17;/h2-8,11,15-16,19H,9-10H2,1H3,(H,20,23)(H,22,25);1H/t15-,16+;/m1./s1. The van der Waals surface area contributed by atoms with E-state index in [4.69, 9.17) is 0 Å². The highest BCUT2D eigenvalue weighted by Crippen LogP contribution is 2.29. The van der Waals surface area contributed by atoms with Crippen LogP contribution in [0.5, 0.6) is 0 Å². The van der Waals surface area contributed by atoms with Crippen LogP contribution in [-0.4, -0.2) is 39.0 Å². The zero-order chi connectivity index (χ0) is 17.2. The van der Waals surface area contributed by atoms with Crippen LogP contribution in [0.3, 0.4) is 0 Å².